The number of hydrogen-bond acceptors (Lipinski definition) is 5. The van der Waals surface area contributed by atoms with Gasteiger partial charge in [-0.15, -0.1) is 24.0 Å². The highest BCUT2D eigenvalue weighted by atomic mass is 127. The summed E-state index contributed by atoms with van der Waals surface area (Å²) in [5.74, 6) is 2.94. The third-order valence-electron chi connectivity index (χ3n) is 5.43. The molecule has 4 rings (SSSR count). The van der Waals surface area contributed by atoms with Crippen molar-refractivity contribution >= 4 is 29.9 Å². The number of halogens is 1. The lowest BCUT2D eigenvalue weighted by atomic mass is 10.1. The SMILES string of the molecule is CN=C(NCc1ccnc(-n2ccnc2)c1)NCc1ccc(C)cc1OCC1CCOC1.I. The van der Waals surface area contributed by atoms with Crippen LogP contribution < -0.4 is 15.4 Å². The number of pyridine rings is 1. The van der Waals surface area contributed by atoms with E-state index >= 15 is 0 Å². The monoisotopic (exact) mass is 562 g/mol. The zero-order chi connectivity index (χ0) is 22.2. The Balaban J connectivity index is 0.00000306. The molecule has 0 bridgehead atoms. The molecule has 8 nitrogen and oxygen atoms in total. The van der Waals surface area contributed by atoms with E-state index in [2.05, 4.69) is 50.7 Å². The molecular formula is C24H31IN6O2. The van der Waals surface area contributed by atoms with Crippen LogP contribution >= 0.6 is 24.0 Å². The van der Waals surface area contributed by atoms with Crippen LogP contribution in [0.15, 0.2) is 60.2 Å². The fourth-order valence-electron chi connectivity index (χ4n) is 3.56. The van der Waals surface area contributed by atoms with Gasteiger partial charge in [-0.3, -0.25) is 9.56 Å². The lowest BCUT2D eigenvalue weighted by Gasteiger charge is -2.17. The van der Waals surface area contributed by atoms with Gasteiger partial charge in [-0.05, 0) is 42.7 Å². The van der Waals surface area contributed by atoms with E-state index in [4.69, 9.17) is 9.47 Å². The maximum Gasteiger partial charge on any atom is 0.191 e. The number of rotatable bonds is 8. The molecule has 1 atom stereocenters. The van der Waals surface area contributed by atoms with Crippen molar-refractivity contribution in [1.82, 2.24) is 25.2 Å². The van der Waals surface area contributed by atoms with Crippen molar-refractivity contribution in [1.29, 1.82) is 0 Å². The zero-order valence-corrected chi connectivity index (χ0v) is 21.4. The maximum atomic E-state index is 6.15. The molecule has 0 amide bonds. The summed E-state index contributed by atoms with van der Waals surface area (Å²) in [6.07, 6.45) is 8.21. The van der Waals surface area contributed by atoms with Gasteiger partial charge < -0.3 is 20.1 Å². The molecule has 2 N–H and O–H groups in total. The quantitative estimate of drug-likeness (QED) is 0.249. The van der Waals surface area contributed by atoms with Crippen LogP contribution in [0, 0.1) is 12.8 Å². The lowest BCUT2D eigenvalue weighted by Crippen LogP contribution is -2.36. The van der Waals surface area contributed by atoms with Crippen LogP contribution in [0.1, 0.15) is 23.1 Å². The normalized spacial score (nSPS) is 15.7. The van der Waals surface area contributed by atoms with Crippen molar-refractivity contribution in [3.05, 3.63) is 71.9 Å². The summed E-state index contributed by atoms with van der Waals surface area (Å²) in [5.41, 5.74) is 3.38. The summed E-state index contributed by atoms with van der Waals surface area (Å²) in [6.45, 7) is 5.63. The fraction of sp³-hybridized carbons (Fsp3) is 0.375. The zero-order valence-electron chi connectivity index (χ0n) is 19.0. The molecule has 1 fully saturated rings. The number of hydrogen-bond donors (Lipinski definition) is 2. The molecule has 0 radical (unpaired) electrons. The van der Waals surface area contributed by atoms with Gasteiger partial charge in [-0.1, -0.05) is 12.1 Å². The van der Waals surface area contributed by atoms with Crippen LogP contribution in [-0.2, 0) is 17.8 Å². The van der Waals surface area contributed by atoms with Crippen LogP contribution in [-0.4, -0.2) is 47.4 Å². The Hall–Kier alpha value is -2.66. The highest BCUT2D eigenvalue weighted by Crippen LogP contribution is 2.22. The second-order valence-electron chi connectivity index (χ2n) is 7.92. The minimum atomic E-state index is 0. The van der Waals surface area contributed by atoms with Crippen molar-refractivity contribution in [2.24, 2.45) is 10.9 Å². The Morgan fingerprint density at radius 1 is 1.21 bits per heavy atom. The van der Waals surface area contributed by atoms with Crippen molar-refractivity contribution < 1.29 is 9.47 Å². The molecule has 1 unspecified atom stereocenters. The van der Waals surface area contributed by atoms with E-state index in [0.717, 1.165) is 48.3 Å². The number of benzene rings is 1. The molecule has 1 aliphatic heterocycles. The van der Waals surface area contributed by atoms with E-state index in [1.807, 2.05) is 22.9 Å². The van der Waals surface area contributed by atoms with E-state index in [1.165, 1.54) is 5.56 Å². The number of aryl methyl sites for hydroxylation is 1. The van der Waals surface area contributed by atoms with Gasteiger partial charge in [0.1, 0.15) is 17.9 Å². The number of nitrogens with zero attached hydrogens (tertiary/aromatic N) is 4. The molecule has 0 aliphatic carbocycles. The molecule has 0 saturated carbocycles. The van der Waals surface area contributed by atoms with Crippen molar-refractivity contribution in [3.63, 3.8) is 0 Å². The lowest BCUT2D eigenvalue weighted by molar-refractivity contribution is 0.166. The summed E-state index contributed by atoms with van der Waals surface area (Å²) < 4.78 is 13.5. The standard InChI is InChI=1S/C24H30N6O2.HI/c1-18-3-4-21(22(11-18)32-16-20-6-10-31-15-20)14-29-24(25-2)28-13-19-5-7-27-23(12-19)30-9-8-26-17-30;/h3-5,7-9,11-12,17,20H,6,10,13-16H2,1-2H3,(H2,25,28,29);1H. The Morgan fingerprint density at radius 2 is 2.09 bits per heavy atom. The summed E-state index contributed by atoms with van der Waals surface area (Å²) in [7, 11) is 1.77. The van der Waals surface area contributed by atoms with Crippen molar-refractivity contribution in [3.8, 4) is 11.6 Å². The molecule has 1 aromatic carbocycles. The highest BCUT2D eigenvalue weighted by molar-refractivity contribution is 14.0. The number of nitrogens with one attached hydrogen (secondary N) is 2. The van der Waals surface area contributed by atoms with Crippen molar-refractivity contribution in [2.45, 2.75) is 26.4 Å². The van der Waals surface area contributed by atoms with Crippen LogP contribution in [0.25, 0.3) is 5.82 Å². The number of aromatic nitrogens is 3. The van der Waals surface area contributed by atoms with Gasteiger partial charge >= 0.3 is 0 Å². The topological polar surface area (TPSA) is 85.6 Å². The van der Waals surface area contributed by atoms with Gasteiger partial charge in [0.05, 0.1) is 13.2 Å². The second kappa shape index (κ2) is 12.5. The fourth-order valence-corrected chi connectivity index (χ4v) is 3.56. The smallest absolute Gasteiger partial charge is 0.191 e. The Bertz CT molecular complexity index is 1040. The first-order valence-corrected chi connectivity index (χ1v) is 10.9. The Labute approximate surface area is 211 Å². The van der Waals surface area contributed by atoms with Crippen LogP contribution in [0.3, 0.4) is 0 Å². The van der Waals surface area contributed by atoms with Crippen LogP contribution in [0.5, 0.6) is 5.75 Å². The first-order chi connectivity index (χ1) is 15.7. The summed E-state index contributed by atoms with van der Waals surface area (Å²) in [5, 5.41) is 6.75. The largest absolute Gasteiger partial charge is 0.493 e. The van der Waals surface area contributed by atoms with E-state index in [1.54, 1.807) is 25.8 Å². The Morgan fingerprint density at radius 3 is 2.85 bits per heavy atom. The molecule has 1 aliphatic rings. The molecule has 33 heavy (non-hydrogen) atoms. The summed E-state index contributed by atoms with van der Waals surface area (Å²) in [6, 6.07) is 10.3. The Kier molecular flexibility index (Phi) is 9.49. The van der Waals surface area contributed by atoms with Crippen LogP contribution in [0.2, 0.25) is 0 Å². The molecular weight excluding hydrogens is 531 g/mol. The van der Waals surface area contributed by atoms with E-state index in [-0.39, 0.29) is 24.0 Å². The molecule has 0 spiro atoms. The van der Waals surface area contributed by atoms with Gasteiger partial charge in [0.25, 0.3) is 0 Å². The molecule has 9 heteroatoms. The van der Waals surface area contributed by atoms with Gasteiger partial charge in [-0.2, -0.15) is 0 Å². The van der Waals surface area contributed by atoms with Gasteiger partial charge in [0, 0.05) is 56.8 Å². The average molecular weight is 562 g/mol. The molecule has 3 aromatic rings. The number of ether oxygens (including phenoxy) is 2. The van der Waals surface area contributed by atoms with E-state index < -0.39 is 0 Å². The molecule has 176 valence electrons. The van der Waals surface area contributed by atoms with Gasteiger partial charge in [0.2, 0.25) is 0 Å². The molecule has 1 saturated heterocycles. The highest BCUT2D eigenvalue weighted by Gasteiger charge is 2.17. The van der Waals surface area contributed by atoms with E-state index in [9.17, 15) is 0 Å². The minimum absolute atomic E-state index is 0. The number of imidazole rings is 1. The minimum Gasteiger partial charge on any atom is -0.493 e. The van der Waals surface area contributed by atoms with Gasteiger partial charge in [0.15, 0.2) is 5.96 Å². The number of guanidine groups is 1. The summed E-state index contributed by atoms with van der Waals surface area (Å²) >= 11 is 0. The summed E-state index contributed by atoms with van der Waals surface area (Å²) in [4.78, 5) is 12.8. The van der Waals surface area contributed by atoms with Gasteiger partial charge in [-0.25, -0.2) is 9.97 Å². The van der Waals surface area contributed by atoms with E-state index in [0.29, 0.717) is 25.6 Å². The number of aliphatic imine (C=N–C) groups is 1. The predicted molar refractivity (Wildman–Crippen MR) is 139 cm³/mol. The molecule has 3 heterocycles. The van der Waals surface area contributed by atoms with Crippen LogP contribution in [0.4, 0.5) is 0 Å². The maximum absolute atomic E-state index is 6.15. The van der Waals surface area contributed by atoms with Crippen molar-refractivity contribution in [2.75, 3.05) is 26.9 Å². The third-order valence-corrected chi connectivity index (χ3v) is 5.43. The second-order valence-corrected chi connectivity index (χ2v) is 7.92. The predicted octanol–water partition coefficient (Wildman–Crippen LogP) is 3.47. The average Bonchev–Trinajstić information content (AvgIpc) is 3.53. The molecule has 2 aromatic heterocycles. The first-order valence-electron chi connectivity index (χ1n) is 10.9. The first kappa shape index (κ1) is 25.0. The third kappa shape index (κ3) is 7.16.